The highest BCUT2D eigenvalue weighted by molar-refractivity contribution is 5.93. The SMILES string of the molecule is CCC(CC)N(CCO)C(=O)c1ccc([N+](=O)[O-])[nH]1. The van der Waals surface area contributed by atoms with E-state index >= 15 is 0 Å². The predicted octanol–water partition coefficient (Wildman–Crippen LogP) is 1.55. The van der Waals surface area contributed by atoms with Crippen molar-refractivity contribution in [3.05, 3.63) is 27.9 Å². The molecule has 1 amide bonds. The average Bonchev–Trinajstić information content (AvgIpc) is 2.88. The van der Waals surface area contributed by atoms with Gasteiger partial charge in [-0.05, 0) is 23.8 Å². The normalized spacial score (nSPS) is 10.7. The van der Waals surface area contributed by atoms with Gasteiger partial charge in [0.2, 0.25) is 0 Å². The molecule has 0 aromatic carbocycles. The summed E-state index contributed by atoms with van der Waals surface area (Å²) in [5.41, 5.74) is 0.173. The van der Waals surface area contributed by atoms with E-state index in [0.717, 1.165) is 12.8 Å². The molecule has 1 rings (SSSR count). The van der Waals surface area contributed by atoms with Crippen molar-refractivity contribution in [1.29, 1.82) is 0 Å². The van der Waals surface area contributed by atoms with Crippen LogP contribution in [0.25, 0.3) is 0 Å². The first-order valence-electron chi connectivity index (χ1n) is 6.30. The van der Waals surface area contributed by atoms with Crippen LogP contribution < -0.4 is 0 Å². The number of nitrogens with one attached hydrogen (secondary N) is 1. The van der Waals surface area contributed by atoms with Gasteiger partial charge in [0.15, 0.2) is 5.69 Å². The second-order valence-electron chi connectivity index (χ2n) is 4.21. The molecule has 0 aliphatic rings. The fourth-order valence-electron chi connectivity index (χ4n) is 2.06. The van der Waals surface area contributed by atoms with E-state index in [9.17, 15) is 14.9 Å². The van der Waals surface area contributed by atoms with Gasteiger partial charge in [0.25, 0.3) is 5.91 Å². The van der Waals surface area contributed by atoms with Gasteiger partial charge in [0, 0.05) is 18.7 Å². The summed E-state index contributed by atoms with van der Waals surface area (Å²) in [6, 6.07) is 2.67. The number of rotatable bonds is 7. The monoisotopic (exact) mass is 269 g/mol. The lowest BCUT2D eigenvalue weighted by Gasteiger charge is -2.28. The van der Waals surface area contributed by atoms with Crippen molar-refractivity contribution in [3.63, 3.8) is 0 Å². The molecule has 0 bridgehead atoms. The Labute approximate surface area is 111 Å². The molecule has 0 radical (unpaired) electrons. The first kappa shape index (κ1) is 15.2. The van der Waals surface area contributed by atoms with Gasteiger partial charge in [-0.3, -0.25) is 4.79 Å². The maximum atomic E-state index is 12.3. The Morgan fingerprint density at radius 1 is 1.47 bits per heavy atom. The number of aromatic amines is 1. The fraction of sp³-hybridized carbons (Fsp3) is 0.583. The number of aliphatic hydroxyl groups excluding tert-OH is 1. The highest BCUT2D eigenvalue weighted by Gasteiger charge is 2.25. The topological polar surface area (TPSA) is 99.5 Å². The Balaban J connectivity index is 2.94. The van der Waals surface area contributed by atoms with Crippen LogP contribution in [-0.2, 0) is 0 Å². The summed E-state index contributed by atoms with van der Waals surface area (Å²) in [7, 11) is 0. The summed E-state index contributed by atoms with van der Waals surface area (Å²) < 4.78 is 0. The summed E-state index contributed by atoms with van der Waals surface area (Å²) in [5, 5.41) is 19.6. The van der Waals surface area contributed by atoms with Crippen LogP contribution in [0.15, 0.2) is 12.1 Å². The molecule has 1 heterocycles. The molecule has 7 nitrogen and oxygen atoms in total. The lowest BCUT2D eigenvalue weighted by molar-refractivity contribution is -0.389. The quantitative estimate of drug-likeness (QED) is 0.579. The summed E-state index contributed by atoms with van der Waals surface area (Å²) >= 11 is 0. The van der Waals surface area contributed by atoms with Crippen molar-refractivity contribution in [3.8, 4) is 0 Å². The number of carbonyl (C=O) groups is 1. The molecule has 1 aromatic rings. The van der Waals surface area contributed by atoms with Gasteiger partial charge in [-0.1, -0.05) is 13.8 Å². The molecular formula is C12H19N3O4. The minimum absolute atomic E-state index is 0.0157. The number of nitro groups is 1. The molecule has 0 spiro atoms. The Kier molecular flexibility index (Phi) is 5.50. The third-order valence-corrected chi connectivity index (χ3v) is 3.08. The van der Waals surface area contributed by atoms with E-state index in [1.54, 1.807) is 4.90 Å². The molecule has 0 aliphatic heterocycles. The predicted molar refractivity (Wildman–Crippen MR) is 69.9 cm³/mol. The van der Waals surface area contributed by atoms with Crippen LogP contribution in [0.5, 0.6) is 0 Å². The standard InChI is InChI=1S/C12H19N3O4/c1-3-9(4-2)14(7-8-16)12(17)10-5-6-11(13-10)15(18)19/h5-6,9,13,16H,3-4,7-8H2,1-2H3. The average molecular weight is 269 g/mol. The minimum Gasteiger partial charge on any atom is -0.395 e. The molecule has 0 atom stereocenters. The number of carbonyl (C=O) groups excluding carboxylic acids is 1. The zero-order valence-electron chi connectivity index (χ0n) is 11.1. The molecule has 0 aliphatic carbocycles. The van der Waals surface area contributed by atoms with Crippen molar-refractivity contribution in [2.75, 3.05) is 13.2 Å². The Morgan fingerprint density at radius 2 is 2.11 bits per heavy atom. The molecule has 0 saturated heterocycles. The fourth-order valence-corrected chi connectivity index (χ4v) is 2.06. The van der Waals surface area contributed by atoms with Crippen molar-refractivity contribution in [1.82, 2.24) is 9.88 Å². The van der Waals surface area contributed by atoms with E-state index in [2.05, 4.69) is 4.98 Å². The number of aliphatic hydroxyl groups is 1. The van der Waals surface area contributed by atoms with Gasteiger partial charge in [0.05, 0.1) is 6.61 Å². The van der Waals surface area contributed by atoms with Gasteiger partial charge in [-0.15, -0.1) is 0 Å². The van der Waals surface area contributed by atoms with Gasteiger partial charge < -0.3 is 20.1 Å². The molecule has 0 fully saturated rings. The van der Waals surface area contributed by atoms with Crippen LogP contribution in [0.3, 0.4) is 0 Å². The van der Waals surface area contributed by atoms with Crippen LogP contribution in [0.4, 0.5) is 5.82 Å². The van der Waals surface area contributed by atoms with Crippen molar-refractivity contribution >= 4 is 11.7 Å². The van der Waals surface area contributed by atoms with E-state index in [4.69, 9.17) is 5.11 Å². The highest BCUT2D eigenvalue weighted by Crippen LogP contribution is 2.16. The van der Waals surface area contributed by atoms with Crippen molar-refractivity contribution in [2.24, 2.45) is 0 Å². The van der Waals surface area contributed by atoms with Crippen molar-refractivity contribution in [2.45, 2.75) is 32.7 Å². The number of amides is 1. The van der Waals surface area contributed by atoms with Crippen LogP contribution in [0, 0.1) is 10.1 Å². The van der Waals surface area contributed by atoms with E-state index < -0.39 is 4.92 Å². The molecule has 19 heavy (non-hydrogen) atoms. The Hall–Kier alpha value is -1.89. The third kappa shape index (κ3) is 3.54. The summed E-state index contributed by atoms with van der Waals surface area (Å²) in [6.45, 7) is 4.01. The summed E-state index contributed by atoms with van der Waals surface area (Å²) in [6.07, 6.45) is 1.54. The first-order valence-corrected chi connectivity index (χ1v) is 6.30. The number of hydrogen-bond acceptors (Lipinski definition) is 4. The van der Waals surface area contributed by atoms with Crippen molar-refractivity contribution < 1.29 is 14.8 Å². The Bertz CT molecular complexity index is 440. The van der Waals surface area contributed by atoms with Gasteiger partial charge in [-0.2, -0.15) is 0 Å². The van der Waals surface area contributed by atoms with E-state index in [-0.39, 0.29) is 36.6 Å². The second kappa shape index (κ2) is 6.89. The molecule has 1 aromatic heterocycles. The van der Waals surface area contributed by atoms with Gasteiger partial charge in [0.1, 0.15) is 0 Å². The lowest BCUT2D eigenvalue weighted by Crippen LogP contribution is -2.41. The first-order chi connectivity index (χ1) is 9.04. The van der Waals surface area contributed by atoms with Gasteiger partial charge >= 0.3 is 5.82 Å². The van der Waals surface area contributed by atoms with Crippen LogP contribution in [0.1, 0.15) is 37.2 Å². The highest BCUT2D eigenvalue weighted by atomic mass is 16.6. The largest absolute Gasteiger partial charge is 0.395 e. The number of H-pyrrole nitrogens is 1. The molecular weight excluding hydrogens is 250 g/mol. The number of aromatic nitrogens is 1. The summed E-state index contributed by atoms with van der Waals surface area (Å²) in [5.74, 6) is -0.535. The zero-order chi connectivity index (χ0) is 14.4. The number of hydrogen-bond donors (Lipinski definition) is 2. The summed E-state index contributed by atoms with van der Waals surface area (Å²) in [4.78, 5) is 26.3. The van der Waals surface area contributed by atoms with Crippen LogP contribution in [0.2, 0.25) is 0 Å². The number of nitrogens with zero attached hydrogens (tertiary/aromatic N) is 2. The molecule has 0 saturated carbocycles. The maximum Gasteiger partial charge on any atom is 0.321 e. The third-order valence-electron chi connectivity index (χ3n) is 3.08. The molecule has 2 N–H and O–H groups in total. The second-order valence-corrected chi connectivity index (χ2v) is 4.21. The van der Waals surface area contributed by atoms with Crippen LogP contribution in [-0.4, -0.2) is 45.0 Å². The maximum absolute atomic E-state index is 12.3. The van der Waals surface area contributed by atoms with E-state index in [0.29, 0.717) is 0 Å². The lowest BCUT2D eigenvalue weighted by atomic mass is 10.1. The molecule has 7 heteroatoms. The smallest absolute Gasteiger partial charge is 0.321 e. The molecule has 0 unspecified atom stereocenters. The Morgan fingerprint density at radius 3 is 2.53 bits per heavy atom. The van der Waals surface area contributed by atoms with Crippen LogP contribution >= 0.6 is 0 Å². The van der Waals surface area contributed by atoms with E-state index in [1.807, 2.05) is 13.8 Å². The van der Waals surface area contributed by atoms with Gasteiger partial charge in [-0.25, -0.2) is 4.98 Å². The molecule has 106 valence electrons. The zero-order valence-corrected chi connectivity index (χ0v) is 11.1. The van der Waals surface area contributed by atoms with E-state index in [1.165, 1.54) is 12.1 Å². The minimum atomic E-state index is -0.579.